The van der Waals surface area contributed by atoms with Crippen LogP contribution in [0.25, 0.3) is 0 Å². The van der Waals surface area contributed by atoms with Gasteiger partial charge in [0.05, 0.1) is 30.3 Å². The summed E-state index contributed by atoms with van der Waals surface area (Å²) in [6.07, 6.45) is 0.169. The first-order valence-corrected chi connectivity index (χ1v) is 9.17. The Hall–Kier alpha value is -3.39. The predicted octanol–water partition coefficient (Wildman–Crippen LogP) is 2.71. The molecule has 28 heavy (non-hydrogen) atoms. The van der Waals surface area contributed by atoms with Gasteiger partial charge < -0.3 is 0 Å². The summed E-state index contributed by atoms with van der Waals surface area (Å²) in [4.78, 5) is 12.5. The van der Waals surface area contributed by atoms with Gasteiger partial charge in [-0.3, -0.25) is 9.80 Å². The molecule has 1 aromatic carbocycles. The molecule has 2 atom stereocenters. The molecular formula is C21H22N6O. The van der Waals surface area contributed by atoms with Crippen LogP contribution in [0.1, 0.15) is 38.7 Å². The highest BCUT2D eigenvalue weighted by molar-refractivity contribution is 5.74. The van der Waals surface area contributed by atoms with Gasteiger partial charge in [-0.1, -0.05) is 44.2 Å². The predicted molar refractivity (Wildman–Crippen MR) is 100 cm³/mol. The first kappa shape index (κ1) is 20.9. The van der Waals surface area contributed by atoms with Gasteiger partial charge in [-0.25, -0.2) is 5.01 Å². The molecule has 1 amide bonds. The third kappa shape index (κ3) is 2.78. The van der Waals surface area contributed by atoms with Gasteiger partial charge in [0.25, 0.3) is 0 Å². The second-order valence-corrected chi connectivity index (χ2v) is 6.78. The molecule has 1 aliphatic rings. The lowest BCUT2D eigenvalue weighted by molar-refractivity contribution is -0.155. The second kappa shape index (κ2) is 8.10. The summed E-state index contributed by atoms with van der Waals surface area (Å²) >= 11 is 0. The van der Waals surface area contributed by atoms with Gasteiger partial charge in [-0.2, -0.15) is 21.0 Å². The summed E-state index contributed by atoms with van der Waals surface area (Å²) in [5.41, 5.74) is -3.18. The first-order chi connectivity index (χ1) is 13.4. The quantitative estimate of drug-likeness (QED) is 0.731. The Morgan fingerprint density at radius 2 is 1.50 bits per heavy atom. The van der Waals surface area contributed by atoms with Gasteiger partial charge in [0, 0.05) is 25.9 Å². The van der Waals surface area contributed by atoms with E-state index < -0.39 is 22.8 Å². The summed E-state index contributed by atoms with van der Waals surface area (Å²) in [6, 6.07) is 16.0. The van der Waals surface area contributed by atoms with E-state index in [1.165, 1.54) is 11.9 Å². The molecule has 1 aliphatic carbocycles. The number of rotatable bonds is 5. The van der Waals surface area contributed by atoms with Crippen LogP contribution >= 0.6 is 0 Å². The van der Waals surface area contributed by atoms with Crippen LogP contribution in [0.4, 0.5) is 0 Å². The molecule has 2 rings (SSSR count). The number of hydrogen-bond acceptors (Lipinski definition) is 6. The number of benzene rings is 1. The molecule has 7 nitrogen and oxygen atoms in total. The fraction of sp³-hybridized carbons (Fsp3) is 0.476. The van der Waals surface area contributed by atoms with E-state index in [4.69, 9.17) is 0 Å². The Kier molecular flexibility index (Phi) is 6.05. The van der Waals surface area contributed by atoms with Crippen LogP contribution in [0.15, 0.2) is 30.3 Å². The highest BCUT2D eigenvalue weighted by atomic mass is 16.2. The third-order valence-electron chi connectivity index (χ3n) is 5.66. The Morgan fingerprint density at radius 3 is 1.89 bits per heavy atom. The van der Waals surface area contributed by atoms with Gasteiger partial charge in [-0.15, -0.1) is 0 Å². The fourth-order valence-corrected chi connectivity index (χ4v) is 4.32. The molecule has 0 bridgehead atoms. The standard InChI is InChI=1S/C21H22N6O/c1-4-26(5-2)27(16(3)28)19-11-18(17-9-7-6-8-10-17)20(12-22,13-23)21(19,14-24)15-25/h6-10,18-19H,4-5,11H2,1-3H3. The van der Waals surface area contributed by atoms with Crippen LogP contribution in [0.2, 0.25) is 0 Å². The normalized spacial score (nSPS) is 21.7. The van der Waals surface area contributed by atoms with Crippen molar-refractivity contribution in [1.82, 2.24) is 10.0 Å². The van der Waals surface area contributed by atoms with E-state index in [0.29, 0.717) is 18.7 Å². The van der Waals surface area contributed by atoms with E-state index >= 15 is 0 Å². The fourth-order valence-electron chi connectivity index (χ4n) is 4.32. The van der Waals surface area contributed by atoms with Crippen molar-refractivity contribution in [2.24, 2.45) is 10.8 Å². The van der Waals surface area contributed by atoms with Crippen LogP contribution < -0.4 is 0 Å². The molecule has 1 fully saturated rings. The van der Waals surface area contributed by atoms with Gasteiger partial charge >= 0.3 is 0 Å². The van der Waals surface area contributed by atoms with Crippen LogP contribution in [-0.2, 0) is 4.79 Å². The Labute approximate surface area is 165 Å². The zero-order valence-electron chi connectivity index (χ0n) is 16.3. The van der Waals surface area contributed by atoms with Gasteiger partial charge in [-0.05, 0) is 12.0 Å². The monoisotopic (exact) mass is 374 g/mol. The molecule has 0 aromatic heterocycles. The molecule has 0 N–H and O–H groups in total. The van der Waals surface area contributed by atoms with Gasteiger partial charge in [0.15, 0.2) is 10.8 Å². The largest absolute Gasteiger partial charge is 0.274 e. The third-order valence-corrected chi connectivity index (χ3v) is 5.66. The Balaban J connectivity index is 2.80. The molecule has 0 heterocycles. The average molecular weight is 374 g/mol. The lowest BCUT2D eigenvalue weighted by atomic mass is 9.63. The minimum Gasteiger partial charge on any atom is -0.274 e. The maximum absolute atomic E-state index is 12.5. The molecule has 0 aliphatic heterocycles. The minimum atomic E-state index is -1.98. The molecule has 7 heteroatoms. The maximum atomic E-state index is 12.5. The number of carbonyl (C=O) groups is 1. The molecule has 142 valence electrons. The number of hydrogen-bond donors (Lipinski definition) is 0. The van der Waals surface area contributed by atoms with Crippen LogP contribution in [0.5, 0.6) is 0 Å². The molecule has 0 spiro atoms. The Bertz CT molecular complexity index is 866. The lowest BCUT2D eigenvalue weighted by Crippen LogP contribution is -2.57. The molecule has 2 unspecified atom stereocenters. The molecule has 0 radical (unpaired) electrons. The second-order valence-electron chi connectivity index (χ2n) is 6.78. The van der Waals surface area contributed by atoms with E-state index in [1.54, 1.807) is 29.3 Å². The van der Waals surface area contributed by atoms with Crippen LogP contribution in [-0.4, -0.2) is 35.1 Å². The highest BCUT2D eigenvalue weighted by Crippen LogP contribution is 2.61. The SMILES string of the molecule is CCN(CC)N(C(C)=O)C1CC(c2ccccc2)C(C#N)(C#N)C1(C#N)C#N. The van der Waals surface area contributed by atoms with E-state index in [9.17, 15) is 25.8 Å². The molecule has 0 saturated heterocycles. The molecule has 1 aromatic rings. The summed E-state index contributed by atoms with van der Waals surface area (Å²) in [6.45, 7) is 6.08. The minimum absolute atomic E-state index is 0.169. The number of hydrazine groups is 1. The summed E-state index contributed by atoms with van der Waals surface area (Å²) in [5, 5.41) is 43.4. The number of nitriles is 4. The Morgan fingerprint density at radius 1 is 1.00 bits per heavy atom. The maximum Gasteiger partial charge on any atom is 0.234 e. The molecule has 1 saturated carbocycles. The summed E-state index contributed by atoms with van der Waals surface area (Å²) < 4.78 is 0. The van der Waals surface area contributed by atoms with Crippen molar-refractivity contribution < 1.29 is 4.79 Å². The van der Waals surface area contributed by atoms with E-state index in [1.807, 2.05) is 44.2 Å². The lowest BCUT2D eigenvalue weighted by Gasteiger charge is -2.41. The zero-order chi connectivity index (χ0) is 20.9. The van der Waals surface area contributed by atoms with E-state index in [0.717, 1.165) is 0 Å². The molecular weight excluding hydrogens is 352 g/mol. The number of nitrogens with zero attached hydrogens (tertiary/aromatic N) is 6. The smallest absolute Gasteiger partial charge is 0.234 e. The van der Waals surface area contributed by atoms with Crippen LogP contribution in [0, 0.1) is 56.2 Å². The van der Waals surface area contributed by atoms with Crippen molar-refractivity contribution in [2.45, 2.75) is 39.2 Å². The number of amides is 1. The van der Waals surface area contributed by atoms with Crippen molar-refractivity contribution in [3.63, 3.8) is 0 Å². The topological polar surface area (TPSA) is 119 Å². The van der Waals surface area contributed by atoms with Crippen molar-refractivity contribution in [3.8, 4) is 24.3 Å². The van der Waals surface area contributed by atoms with Crippen molar-refractivity contribution in [1.29, 1.82) is 21.0 Å². The summed E-state index contributed by atoms with van der Waals surface area (Å²) in [5.74, 6) is -1.01. The first-order valence-electron chi connectivity index (χ1n) is 9.17. The van der Waals surface area contributed by atoms with Crippen molar-refractivity contribution >= 4 is 5.91 Å². The van der Waals surface area contributed by atoms with Gasteiger partial charge in [0.2, 0.25) is 5.91 Å². The van der Waals surface area contributed by atoms with Crippen molar-refractivity contribution in [3.05, 3.63) is 35.9 Å². The van der Waals surface area contributed by atoms with Gasteiger partial charge in [0.1, 0.15) is 0 Å². The average Bonchev–Trinajstić information content (AvgIpc) is 3.02. The van der Waals surface area contributed by atoms with E-state index in [-0.39, 0.29) is 12.3 Å². The van der Waals surface area contributed by atoms with Crippen LogP contribution in [0.3, 0.4) is 0 Å². The zero-order valence-corrected chi connectivity index (χ0v) is 16.3. The van der Waals surface area contributed by atoms with E-state index in [2.05, 4.69) is 0 Å². The summed E-state index contributed by atoms with van der Waals surface area (Å²) in [7, 11) is 0. The number of carbonyl (C=O) groups excluding carboxylic acids is 1. The van der Waals surface area contributed by atoms with Crippen molar-refractivity contribution in [2.75, 3.05) is 13.1 Å². The highest BCUT2D eigenvalue weighted by Gasteiger charge is 2.71.